The Bertz CT molecular complexity index is 431. The summed E-state index contributed by atoms with van der Waals surface area (Å²) in [6.45, 7) is 6.63. The minimum atomic E-state index is -0.153. The molecule has 0 radical (unpaired) electrons. The minimum absolute atomic E-state index is 0.135. The lowest BCUT2D eigenvalue weighted by molar-refractivity contribution is 0.194. The molecule has 2 N–H and O–H groups in total. The van der Waals surface area contributed by atoms with Gasteiger partial charge in [-0.05, 0) is 74.1 Å². The van der Waals surface area contributed by atoms with Gasteiger partial charge in [0, 0.05) is 5.54 Å². The van der Waals surface area contributed by atoms with E-state index in [4.69, 9.17) is 5.73 Å². The van der Waals surface area contributed by atoms with Gasteiger partial charge < -0.3 is 5.73 Å². The molecule has 0 spiro atoms. The van der Waals surface area contributed by atoms with Gasteiger partial charge in [0.1, 0.15) is 5.82 Å². The zero-order chi connectivity index (χ0) is 14.0. The smallest absolute Gasteiger partial charge is 0.123 e. The lowest BCUT2D eigenvalue weighted by Crippen LogP contribution is -2.46. The first-order chi connectivity index (χ1) is 8.89. The zero-order valence-corrected chi connectivity index (χ0v) is 12.4. The maximum absolute atomic E-state index is 13.4. The van der Waals surface area contributed by atoms with Gasteiger partial charge >= 0.3 is 0 Å². The Kier molecular flexibility index (Phi) is 4.29. The third kappa shape index (κ3) is 3.56. The number of benzene rings is 1. The summed E-state index contributed by atoms with van der Waals surface area (Å²) in [4.78, 5) is 0. The van der Waals surface area contributed by atoms with Crippen LogP contribution in [0.5, 0.6) is 0 Å². The van der Waals surface area contributed by atoms with Gasteiger partial charge in [0.05, 0.1) is 0 Å². The number of hydrogen-bond donors (Lipinski definition) is 1. The summed E-state index contributed by atoms with van der Waals surface area (Å²) in [6, 6.07) is 5.03. The third-order valence-electron chi connectivity index (χ3n) is 4.82. The van der Waals surface area contributed by atoms with Crippen molar-refractivity contribution >= 4 is 0 Å². The van der Waals surface area contributed by atoms with E-state index < -0.39 is 0 Å². The van der Waals surface area contributed by atoms with Gasteiger partial charge in [-0.1, -0.05) is 19.9 Å². The summed E-state index contributed by atoms with van der Waals surface area (Å²) < 4.78 is 13.4. The van der Waals surface area contributed by atoms with Gasteiger partial charge in [-0.2, -0.15) is 0 Å². The Balaban J connectivity index is 2.05. The van der Waals surface area contributed by atoms with E-state index >= 15 is 0 Å². The fraction of sp³-hybridized carbons (Fsp3) is 0.647. The molecule has 2 rings (SSSR count). The van der Waals surface area contributed by atoms with Crippen LogP contribution in [0.15, 0.2) is 18.2 Å². The molecule has 1 fully saturated rings. The molecule has 1 aromatic rings. The van der Waals surface area contributed by atoms with Crippen LogP contribution in [0, 0.1) is 24.6 Å². The maximum Gasteiger partial charge on any atom is 0.123 e. The van der Waals surface area contributed by atoms with Crippen molar-refractivity contribution in [3.63, 3.8) is 0 Å². The Morgan fingerprint density at radius 1 is 1.32 bits per heavy atom. The quantitative estimate of drug-likeness (QED) is 0.868. The first kappa shape index (κ1) is 14.5. The SMILES string of the molecule is Cc1ccc(F)cc1CC1(N)CCC(C(C)C)CC1. The van der Waals surface area contributed by atoms with Crippen molar-refractivity contribution in [3.8, 4) is 0 Å². The lowest BCUT2D eigenvalue weighted by Gasteiger charge is -2.39. The number of hydrogen-bond acceptors (Lipinski definition) is 1. The number of halogens is 1. The van der Waals surface area contributed by atoms with Crippen LogP contribution in [0.3, 0.4) is 0 Å². The largest absolute Gasteiger partial charge is 0.325 e. The number of rotatable bonds is 3. The summed E-state index contributed by atoms with van der Waals surface area (Å²) >= 11 is 0. The van der Waals surface area contributed by atoms with Crippen molar-refractivity contribution in [3.05, 3.63) is 35.1 Å². The highest BCUT2D eigenvalue weighted by Crippen LogP contribution is 2.36. The number of nitrogens with two attached hydrogens (primary N) is 1. The molecular weight excluding hydrogens is 237 g/mol. The molecule has 106 valence electrons. The van der Waals surface area contributed by atoms with E-state index in [2.05, 4.69) is 13.8 Å². The van der Waals surface area contributed by atoms with Crippen molar-refractivity contribution in [2.24, 2.45) is 17.6 Å². The molecule has 0 unspecified atom stereocenters. The van der Waals surface area contributed by atoms with E-state index in [0.717, 1.165) is 42.2 Å². The zero-order valence-electron chi connectivity index (χ0n) is 12.4. The molecule has 0 aromatic heterocycles. The lowest BCUT2D eigenvalue weighted by atomic mass is 9.71. The van der Waals surface area contributed by atoms with Crippen molar-refractivity contribution in [1.82, 2.24) is 0 Å². The van der Waals surface area contributed by atoms with Crippen molar-refractivity contribution in [1.29, 1.82) is 0 Å². The minimum Gasteiger partial charge on any atom is -0.325 e. The Hall–Kier alpha value is -0.890. The van der Waals surface area contributed by atoms with Crippen LogP contribution in [-0.2, 0) is 6.42 Å². The van der Waals surface area contributed by atoms with Gasteiger partial charge in [0.25, 0.3) is 0 Å². The molecule has 1 aliphatic carbocycles. The highest BCUT2D eigenvalue weighted by molar-refractivity contribution is 5.28. The van der Waals surface area contributed by atoms with Crippen LogP contribution in [0.4, 0.5) is 4.39 Å². The standard InChI is InChI=1S/C17H26FN/c1-12(2)14-6-8-17(19,9-7-14)11-15-10-16(18)5-4-13(15)3/h4-5,10,12,14H,6-9,11,19H2,1-3H3. The summed E-state index contributed by atoms with van der Waals surface area (Å²) in [5, 5.41) is 0. The predicted molar refractivity (Wildman–Crippen MR) is 78.6 cm³/mol. The van der Waals surface area contributed by atoms with Crippen molar-refractivity contribution < 1.29 is 4.39 Å². The van der Waals surface area contributed by atoms with E-state index in [1.165, 1.54) is 18.9 Å². The fourth-order valence-electron chi connectivity index (χ4n) is 3.27. The van der Waals surface area contributed by atoms with Crippen LogP contribution >= 0.6 is 0 Å². The second-order valence-corrected chi connectivity index (χ2v) is 6.69. The highest BCUT2D eigenvalue weighted by atomic mass is 19.1. The van der Waals surface area contributed by atoms with Crippen LogP contribution < -0.4 is 5.73 Å². The Morgan fingerprint density at radius 3 is 2.53 bits per heavy atom. The monoisotopic (exact) mass is 263 g/mol. The maximum atomic E-state index is 13.4. The molecule has 0 saturated heterocycles. The molecule has 2 heteroatoms. The van der Waals surface area contributed by atoms with Gasteiger partial charge in [-0.3, -0.25) is 0 Å². The summed E-state index contributed by atoms with van der Waals surface area (Å²) in [5.41, 5.74) is 8.64. The average Bonchev–Trinajstić information content (AvgIpc) is 2.34. The van der Waals surface area contributed by atoms with E-state index in [1.54, 1.807) is 6.07 Å². The molecule has 0 bridgehead atoms. The molecule has 1 saturated carbocycles. The first-order valence-electron chi connectivity index (χ1n) is 7.43. The molecule has 1 nitrogen and oxygen atoms in total. The Labute approximate surface area is 116 Å². The van der Waals surface area contributed by atoms with Crippen molar-refractivity contribution in [2.45, 2.75) is 58.4 Å². The second kappa shape index (κ2) is 5.62. The van der Waals surface area contributed by atoms with Gasteiger partial charge in [-0.15, -0.1) is 0 Å². The van der Waals surface area contributed by atoms with Crippen LogP contribution in [-0.4, -0.2) is 5.54 Å². The van der Waals surface area contributed by atoms with Gasteiger partial charge in [0.2, 0.25) is 0 Å². The summed E-state index contributed by atoms with van der Waals surface area (Å²) in [6.07, 6.45) is 5.35. The van der Waals surface area contributed by atoms with Crippen LogP contribution in [0.2, 0.25) is 0 Å². The van der Waals surface area contributed by atoms with Gasteiger partial charge in [-0.25, -0.2) is 4.39 Å². The van der Waals surface area contributed by atoms with Crippen LogP contribution in [0.25, 0.3) is 0 Å². The predicted octanol–water partition coefficient (Wildman–Crippen LogP) is 4.22. The Morgan fingerprint density at radius 2 is 1.95 bits per heavy atom. The van der Waals surface area contributed by atoms with E-state index in [1.807, 2.05) is 13.0 Å². The molecule has 0 aliphatic heterocycles. The highest BCUT2D eigenvalue weighted by Gasteiger charge is 2.33. The van der Waals surface area contributed by atoms with Crippen molar-refractivity contribution in [2.75, 3.05) is 0 Å². The van der Waals surface area contributed by atoms with E-state index in [0.29, 0.717) is 0 Å². The average molecular weight is 263 g/mol. The molecule has 0 heterocycles. The van der Waals surface area contributed by atoms with Crippen LogP contribution in [0.1, 0.15) is 50.7 Å². The third-order valence-corrected chi connectivity index (χ3v) is 4.82. The van der Waals surface area contributed by atoms with E-state index in [9.17, 15) is 4.39 Å². The summed E-state index contributed by atoms with van der Waals surface area (Å²) in [7, 11) is 0. The topological polar surface area (TPSA) is 26.0 Å². The van der Waals surface area contributed by atoms with E-state index in [-0.39, 0.29) is 11.4 Å². The molecule has 0 amide bonds. The molecular formula is C17H26FN. The fourth-order valence-corrected chi connectivity index (χ4v) is 3.27. The number of aryl methyl sites for hydroxylation is 1. The summed E-state index contributed by atoms with van der Waals surface area (Å²) in [5.74, 6) is 1.41. The molecule has 1 aromatic carbocycles. The van der Waals surface area contributed by atoms with Gasteiger partial charge in [0.15, 0.2) is 0 Å². The molecule has 19 heavy (non-hydrogen) atoms. The normalized spacial score (nSPS) is 27.8. The second-order valence-electron chi connectivity index (χ2n) is 6.69. The molecule has 0 atom stereocenters. The molecule has 1 aliphatic rings. The first-order valence-corrected chi connectivity index (χ1v) is 7.43.